The molecule has 32 heavy (non-hydrogen) atoms. The van der Waals surface area contributed by atoms with Crippen LogP contribution in [0.5, 0.6) is 0 Å². The molecule has 6 nitrogen and oxygen atoms in total. The fourth-order valence-electron chi connectivity index (χ4n) is 3.65. The molecule has 162 valence electrons. The van der Waals surface area contributed by atoms with Crippen LogP contribution in [-0.2, 0) is 6.54 Å². The Morgan fingerprint density at radius 2 is 1.62 bits per heavy atom. The maximum absolute atomic E-state index is 12.7. The third-order valence-electron chi connectivity index (χ3n) is 5.35. The maximum atomic E-state index is 12.7. The van der Waals surface area contributed by atoms with Gasteiger partial charge in [0.2, 0.25) is 0 Å². The van der Waals surface area contributed by atoms with Gasteiger partial charge in [-0.2, -0.15) is 0 Å². The van der Waals surface area contributed by atoms with E-state index >= 15 is 0 Å². The van der Waals surface area contributed by atoms with Gasteiger partial charge in [-0.05, 0) is 42.2 Å². The van der Waals surface area contributed by atoms with Gasteiger partial charge in [0.25, 0.3) is 5.91 Å². The first kappa shape index (κ1) is 21.4. The number of hydrogen-bond donors (Lipinski definition) is 1. The van der Waals surface area contributed by atoms with Crippen molar-refractivity contribution in [3.05, 3.63) is 90.9 Å². The number of carbonyl (C=O) groups is 1. The van der Waals surface area contributed by atoms with Crippen molar-refractivity contribution in [1.82, 2.24) is 25.3 Å². The zero-order chi connectivity index (χ0) is 22.0. The number of carbonyl (C=O) groups excluding carboxylic acids is 1. The van der Waals surface area contributed by atoms with Crippen LogP contribution >= 0.6 is 0 Å². The number of amides is 1. The first-order valence-electron chi connectivity index (χ1n) is 11.0. The summed E-state index contributed by atoms with van der Waals surface area (Å²) in [6.07, 6.45) is 9.63. The zero-order valence-corrected chi connectivity index (χ0v) is 18.0. The normalized spacial score (nSPS) is 10.8. The second-order valence-corrected chi connectivity index (χ2v) is 7.69. The second-order valence-electron chi connectivity index (χ2n) is 7.69. The minimum absolute atomic E-state index is 0.0185. The predicted octanol–water partition coefficient (Wildman–Crippen LogP) is 5.00. The summed E-state index contributed by atoms with van der Waals surface area (Å²) >= 11 is 0. The number of aromatic nitrogens is 4. The summed E-state index contributed by atoms with van der Waals surface area (Å²) in [5.41, 5.74) is 4.55. The van der Waals surface area contributed by atoms with E-state index in [4.69, 9.17) is 0 Å². The van der Waals surface area contributed by atoms with Gasteiger partial charge in [0.05, 0.1) is 6.20 Å². The molecule has 0 aliphatic heterocycles. The Morgan fingerprint density at radius 3 is 2.47 bits per heavy atom. The molecule has 0 atom stereocenters. The number of unbranched alkanes of at least 4 members (excludes halogenated alkanes) is 3. The summed E-state index contributed by atoms with van der Waals surface area (Å²) in [6, 6.07) is 21.6. The molecule has 0 aliphatic carbocycles. The second kappa shape index (κ2) is 11.0. The van der Waals surface area contributed by atoms with Crippen molar-refractivity contribution >= 4 is 5.91 Å². The Balaban J connectivity index is 1.17. The van der Waals surface area contributed by atoms with E-state index in [1.807, 2.05) is 77.6 Å². The van der Waals surface area contributed by atoms with E-state index in [9.17, 15) is 4.79 Å². The molecule has 4 aromatic rings. The van der Waals surface area contributed by atoms with Crippen molar-refractivity contribution in [3.63, 3.8) is 0 Å². The molecule has 0 bridgehead atoms. The molecule has 0 fully saturated rings. The Labute approximate surface area is 188 Å². The van der Waals surface area contributed by atoms with Gasteiger partial charge in [0.1, 0.15) is 5.69 Å². The van der Waals surface area contributed by atoms with Crippen molar-refractivity contribution in [3.8, 4) is 22.4 Å². The molecule has 2 aromatic carbocycles. The summed E-state index contributed by atoms with van der Waals surface area (Å²) in [5.74, 6) is -0.0185. The SMILES string of the molecule is O=C(NCCCCCCn1cc(-c2cccnc2)nn1)c1ccccc1-c1ccccc1. The number of pyridine rings is 1. The van der Waals surface area contributed by atoms with Crippen LogP contribution in [0.3, 0.4) is 0 Å². The number of hydrogen-bond acceptors (Lipinski definition) is 4. The molecule has 1 N–H and O–H groups in total. The first-order chi connectivity index (χ1) is 15.8. The van der Waals surface area contributed by atoms with E-state index in [0.29, 0.717) is 12.1 Å². The quantitative estimate of drug-likeness (QED) is 0.363. The average molecular weight is 426 g/mol. The average Bonchev–Trinajstić information content (AvgIpc) is 3.33. The molecular formula is C26H27N5O. The Morgan fingerprint density at radius 1 is 0.844 bits per heavy atom. The number of rotatable bonds is 10. The number of benzene rings is 2. The minimum Gasteiger partial charge on any atom is -0.352 e. The summed E-state index contributed by atoms with van der Waals surface area (Å²) in [5, 5.41) is 11.5. The number of nitrogens with one attached hydrogen (secondary N) is 1. The van der Waals surface area contributed by atoms with E-state index in [2.05, 4.69) is 20.6 Å². The fourth-order valence-corrected chi connectivity index (χ4v) is 3.65. The van der Waals surface area contributed by atoms with Crippen LogP contribution < -0.4 is 5.32 Å². The summed E-state index contributed by atoms with van der Waals surface area (Å²) in [6.45, 7) is 1.51. The smallest absolute Gasteiger partial charge is 0.251 e. The maximum Gasteiger partial charge on any atom is 0.251 e. The van der Waals surface area contributed by atoms with Crippen LogP contribution in [0.15, 0.2) is 85.3 Å². The van der Waals surface area contributed by atoms with Crippen LogP contribution in [0, 0.1) is 0 Å². The summed E-state index contributed by atoms with van der Waals surface area (Å²) in [7, 11) is 0. The molecule has 0 aliphatic rings. The predicted molar refractivity (Wildman–Crippen MR) is 126 cm³/mol. The standard InChI is InChI=1S/C26H27N5O/c32-26(24-15-7-6-14-23(24)21-11-4-3-5-12-21)28-17-8-1-2-9-18-31-20-25(29-30-31)22-13-10-16-27-19-22/h3-7,10-16,19-20H,1-2,8-9,17-18H2,(H,28,32). The van der Waals surface area contributed by atoms with Gasteiger partial charge in [0.15, 0.2) is 0 Å². The van der Waals surface area contributed by atoms with Gasteiger partial charge in [-0.25, -0.2) is 0 Å². The Bertz CT molecular complexity index is 1130. The molecule has 0 spiro atoms. The molecule has 2 aromatic heterocycles. The highest BCUT2D eigenvalue weighted by molar-refractivity contribution is 6.00. The van der Waals surface area contributed by atoms with Crippen molar-refractivity contribution in [2.75, 3.05) is 6.54 Å². The third-order valence-corrected chi connectivity index (χ3v) is 5.35. The molecule has 2 heterocycles. The van der Waals surface area contributed by atoms with Crippen LogP contribution in [-0.4, -0.2) is 32.4 Å². The lowest BCUT2D eigenvalue weighted by atomic mass is 9.99. The first-order valence-corrected chi connectivity index (χ1v) is 11.0. The molecule has 6 heteroatoms. The van der Waals surface area contributed by atoms with Gasteiger partial charge in [-0.15, -0.1) is 5.10 Å². The van der Waals surface area contributed by atoms with Crippen molar-refractivity contribution in [2.45, 2.75) is 32.2 Å². The highest BCUT2D eigenvalue weighted by Crippen LogP contribution is 2.23. The van der Waals surface area contributed by atoms with E-state index in [-0.39, 0.29) is 5.91 Å². The van der Waals surface area contributed by atoms with E-state index < -0.39 is 0 Å². The van der Waals surface area contributed by atoms with Gasteiger partial charge >= 0.3 is 0 Å². The van der Waals surface area contributed by atoms with Crippen LogP contribution in [0.1, 0.15) is 36.0 Å². The Kier molecular flexibility index (Phi) is 7.37. The Hall–Kier alpha value is -3.80. The van der Waals surface area contributed by atoms with Crippen molar-refractivity contribution in [2.24, 2.45) is 0 Å². The largest absolute Gasteiger partial charge is 0.352 e. The fraction of sp³-hybridized carbons (Fsp3) is 0.231. The minimum atomic E-state index is -0.0185. The van der Waals surface area contributed by atoms with E-state index in [1.165, 1.54) is 0 Å². The van der Waals surface area contributed by atoms with Crippen molar-refractivity contribution < 1.29 is 4.79 Å². The van der Waals surface area contributed by atoms with Gasteiger partial charge in [-0.1, -0.05) is 66.6 Å². The molecular weight excluding hydrogens is 398 g/mol. The number of nitrogens with zero attached hydrogens (tertiary/aromatic N) is 4. The van der Waals surface area contributed by atoms with Crippen molar-refractivity contribution in [1.29, 1.82) is 0 Å². The molecule has 4 rings (SSSR count). The lowest BCUT2D eigenvalue weighted by Crippen LogP contribution is -2.25. The van der Waals surface area contributed by atoms with Crippen LogP contribution in [0.2, 0.25) is 0 Å². The van der Waals surface area contributed by atoms with Crippen LogP contribution in [0.25, 0.3) is 22.4 Å². The summed E-state index contributed by atoms with van der Waals surface area (Å²) < 4.78 is 1.88. The molecule has 0 saturated carbocycles. The third kappa shape index (κ3) is 5.66. The highest BCUT2D eigenvalue weighted by atomic mass is 16.1. The van der Waals surface area contributed by atoms with E-state index in [0.717, 1.165) is 54.6 Å². The number of aryl methyl sites for hydroxylation is 1. The molecule has 1 amide bonds. The van der Waals surface area contributed by atoms with Gasteiger partial charge in [-0.3, -0.25) is 14.5 Å². The molecule has 0 saturated heterocycles. The zero-order valence-electron chi connectivity index (χ0n) is 18.0. The van der Waals surface area contributed by atoms with Gasteiger partial charge in [0, 0.05) is 36.6 Å². The lowest BCUT2D eigenvalue weighted by molar-refractivity contribution is 0.0953. The molecule has 0 radical (unpaired) electrons. The topological polar surface area (TPSA) is 72.7 Å². The monoisotopic (exact) mass is 425 g/mol. The van der Waals surface area contributed by atoms with Gasteiger partial charge < -0.3 is 5.32 Å². The van der Waals surface area contributed by atoms with Crippen LogP contribution in [0.4, 0.5) is 0 Å². The molecule has 0 unspecified atom stereocenters. The highest BCUT2D eigenvalue weighted by Gasteiger charge is 2.11. The van der Waals surface area contributed by atoms with E-state index in [1.54, 1.807) is 12.4 Å². The lowest BCUT2D eigenvalue weighted by Gasteiger charge is -2.10. The summed E-state index contributed by atoms with van der Waals surface area (Å²) in [4.78, 5) is 16.8.